The van der Waals surface area contributed by atoms with Crippen LogP contribution >= 0.6 is 0 Å². The quantitative estimate of drug-likeness (QED) is 0.352. The highest BCUT2D eigenvalue weighted by Gasteiger charge is 2.19. The van der Waals surface area contributed by atoms with E-state index in [1.165, 1.54) is 6.26 Å². The van der Waals surface area contributed by atoms with Gasteiger partial charge in [-0.2, -0.15) is 0 Å². The van der Waals surface area contributed by atoms with Gasteiger partial charge in [0, 0.05) is 49.2 Å². The molecule has 176 valence electrons. The average Bonchev–Trinajstić information content (AvgIpc) is 3.49. The van der Waals surface area contributed by atoms with Gasteiger partial charge in [-0.25, -0.2) is 9.97 Å². The number of benzene rings is 2. The van der Waals surface area contributed by atoms with Crippen LogP contribution in [-0.2, 0) is 0 Å². The second-order valence-corrected chi connectivity index (χ2v) is 8.26. The molecule has 0 unspecified atom stereocenters. The molecular formula is C28H27N5O2. The molecule has 0 aliphatic heterocycles. The summed E-state index contributed by atoms with van der Waals surface area (Å²) in [6, 6.07) is 18.3. The zero-order valence-electron chi connectivity index (χ0n) is 20.5. The van der Waals surface area contributed by atoms with Crippen molar-refractivity contribution in [3.8, 4) is 11.3 Å². The first-order valence-electron chi connectivity index (χ1n) is 11.7. The fraction of sp³-hybridized carbons (Fsp3) is 0.179. The highest BCUT2D eigenvalue weighted by molar-refractivity contribution is 6.08. The summed E-state index contributed by atoms with van der Waals surface area (Å²) in [6.45, 7) is 4.00. The number of hydrogen-bond acceptors (Lipinski definition) is 5. The number of furan rings is 1. The Balaban J connectivity index is 0.00000124. The monoisotopic (exact) mass is 465 g/mol. The average molecular weight is 466 g/mol. The Morgan fingerprint density at radius 2 is 1.83 bits per heavy atom. The van der Waals surface area contributed by atoms with E-state index < -0.39 is 0 Å². The van der Waals surface area contributed by atoms with Crippen molar-refractivity contribution in [2.45, 2.75) is 13.8 Å². The molecule has 4 aromatic heterocycles. The highest BCUT2D eigenvalue weighted by atomic mass is 16.3. The van der Waals surface area contributed by atoms with Gasteiger partial charge in [0.25, 0.3) is 5.91 Å². The fourth-order valence-electron chi connectivity index (χ4n) is 4.45. The number of carbonyl (C=O) groups is 1. The number of anilines is 1. The molecule has 0 fully saturated rings. The van der Waals surface area contributed by atoms with Crippen molar-refractivity contribution in [3.63, 3.8) is 0 Å². The third-order valence-corrected chi connectivity index (χ3v) is 6.10. The minimum Gasteiger partial charge on any atom is -0.463 e. The Hall–Kier alpha value is -4.39. The zero-order chi connectivity index (χ0) is 24.7. The maximum Gasteiger partial charge on any atom is 0.254 e. The Morgan fingerprint density at radius 1 is 1.03 bits per heavy atom. The predicted octanol–water partition coefficient (Wildman–Crippen LogP) is 5.90. The molecule has 0 saturated heterocycles. The summed E-state index contributed by atoms with van der Waals surface area (Å²) < 4.78 is 7.77. The molecule has 0 aliphatic carbocycles. The summed E-state index contributed by atoms with van der Waals surface area (Å²) in [6.07, 6.45) is 3.35. The third kappa shape index (κ3) is 3.56. The minimum atomic E-state index is -0.186. The van der Waals surface area contributed by atoms with Crippen molar-refractivity contribution in [2.24, 2.45) is 0 Å². The minimum absolute atomic E-state index is 0.186. The topological polar surface area (TPSA) is 75.7 Å². The van der Waals surface area contributed by atoms with Gasteiger partial charge in [0.2, 0.25) is 0 Å². The van der Waals surface area contributed by atoms with E-state index in [-0.39, 0.29) is 5.91 Å². The first-order valence-corrected chi connectivity index (χ1v) is 11.7. The molecule has 1 N–H and O–H groups in total. The first-order chi connectivity index (χ1) is 17.0. The summed E-state index contributed by atoms with van der Waals surface area (Å²) in [7, 11) is 5.57. The van der Waals surface area contributed by atoms with Gasteiger partial charge in [0.15, 0.2) is 0 Å². The fourth-order valence-corrected chi connectivity index (χ4v) is 4.45. The van der Waals surface area contributed by atoms with Crippen LogP contribution in [0, 0.1) is 0 Å². The predicted molar refractivity (Wildman–Crippen MR) is 142 cm³/mol. The molecule has 0 bridgehead atoms. The van der Waals surface area contributed by atoms with Gasteiger partial charge in [0.1, 0.15) is 23.7 Å². The number of hydrogen-bond donors (Lipinski definition) is 1. The van der Waals surface area contributed by atoms with E-state index in [1.54, 1.807) is 7.05 Å². The van der Waals surface area contributed by atoms with Crippen LogP contribution in [0.5, 0.6) is 0 Å². The molecule has 0 aliphatic rings. The summed E-state index contributed by atoms with van der Waals surface area (Å²) in [5.74, 6) is -0.186. The van der Waals surface area contributed by atoms with E-state index in [0.717, 1.165) is 49.8 Å². The highest BCUT2D eigenvalue weighted by Crippen LogP contribution is 2.36. The van der Waals surface area contributed by atoms with E-state index in [9.17, 15) is 4.79 Å². The van der Waals surface area contributed by atoms with Crippen LogP contribution in [0.3, 0.4) is 0 Å². The molecule has 0 spiro atoms. The lowest BCUT2D eigenvalue weighted by molar-refractivity contribution is 0.0964. The number of aromatic nitrogens is 3. The Morgan fingerprint density at radius 3 is 2.60 bits per heavy atom. The van der Waals surface area contributed by atoms with E-state index in [2.05, 4.69) is 32.9 Å². The largest absolute Gasteiger partial charge is 0.463 e. The molecule has 7 nitrogen and oxygen atoms in total. The molecule has 6 aromatic rings. The Labute approximate surface area is 203 Å². The smallest absolute Gasteiger partial charge is 0.254 e. The molecule has 0 saturated carbocycles. The van der Waals surface area contributed by atoms with Gasteiger partial charge >= 0.3 is 0 Å². The van der Waals surface area contributed by atoms with Gasteiger partial charge < -0.3 is 14.6 Å². The number of amides is 1. The molecule has 0 atom stereocenters. The zero-order valence-corrected chi connectivity index (χ0v) is 20.5. The van der Waals surface area contributed by atoms with Gasteiger partial charge in [-0.15, -0.1) is 0 Å². The second kappa shape index (κ2) is 8.76. The molecule has 0 radical (unpaired) electrons. The molecule has 35 heavy (non-hydrogen) atoms. The van der Waals surface area contributed by atoms with Crippen molar-refractivity contribution in [2.75, 3.05) is 26.0 Å². The molecule has 4 heterocycles. The molecule has 1 amide bonds. The lowest BCUT2D eigenvalue weighted by Crippen LogP contribution is -2.17. The Kier molecular flexibility index (Phi) is 5.61. The number of carbonyl (C=O) groups excluding carboxylic acids is 1. The van der Waals surface area contributed by atoms with E-state index in [0.29, 0.717) is 11.1 Å². The van der Waals surface area contributed by atoms with Crippen molar-refractivity contribution in [1.29, 1.82) is 0 Å². The standard InChI is InChI=1S/C26H21N5O2.C2H6/c1-27-26(32)18-13-33-24-12-22(30(2)3)17(11-16(18)24)19-8-9-20-25(29-19)23-10-15-6-4-5-7-21(15)31(23)14-28-20;1-2/h4-14H,1-3H3,(H,27,32);1-2H3. The van der Waals surface area contributed by atoms with Gasteiger partial charge in [0.05, 0.1) is 27.8 Å². The van der Waals surface area contributed by atoms with Crippen LogP contribution in [0.1, 0.15) is 24.2 Å². The van der Waals surface area contributed by atoms with E-state index in [1.807, 2.05) is 75.6 Å². The number of para-hydroxylation sites is 1. The van der Waals surface area contributed by atoms with Crippen LogP contribution in [-0.4, -0.2) is 41.4 Å². The lowest BCUT2D eigenvalue weighted by atomic mass is 10.0. The Bertz CT molecular complexity index is 1710. The van der Waals surface area contributed by atoms with Crippen molar-refractivity contribution in [3.05, 3.63) is 72.8 Å². The summed E-state index contributed by atoms with van der Waals surface area (Å²) in [4.78, 5) is 24.1. The molecular weight excluding hydrogens is 438 g/mol. The number of fused-ring (bicyclic) bond motifs is 6. The molecule has 6 rings (SSSR count). The number of nitrogens with one attached hydrogen (secondary N) is 1. The maximum atomic E-state index is 12.4. The van der Waals surface area contributed by atoms with Crippen molar-refractivity contribution in [1.82, 2.24) is 19.7 Å². The van der Waals surface area contributed by atoms with Gasteiger partial charge in [-0.3, -0.25) is 9.20 Å². The SMILES string of the molecule is CC.CNC(=O)c1coc2cc(N(C)C)c(-c3ccc4ncn5c6ccccc6cc5c4n3)cc12. The van der Waals surface area contributed by atoms with Crippen LogP contribution < -0.4 is 10.2 Å². The van der Waals surface area contributed by atoms with Crippen LogP contribution in [0.15, 0.2) is 71.6 Å². The summed E-state index contributed by atoms with van der Waals surface area (Å²) >= 11 is 0. The lowest BCUT2D eigenvalue weighted by Gasteiger charge is -2.18. The third-order valence-electron chi connectivity index (χ3n) is 6.10. The van der Waals surface area contributed by atoms with Crippen LogP contribution in [0.25, 0.3) is 49.7 Å². The van der Waals surface area contributed by atoms with Crippen LogP contribution in [0.4, 0.5) is 5.69 Å². The van der Waals surface area contributed by atoms with Crippen molar-refractivity contribution >= 4 is 50.0 Å². The summed E-state index contributed by atoms with van der Waals surface area (Å²) in [5, 5.41) is 4.57. The maximum absolute atomic E-state index is 12.4. The first kappa shape index (κ1) is 22.4. The molecule has 2 aromatic carbocycles. The van der Waals surface area contributed by atoms with Gasteiger partial charge in [-0.1, -0.05) is 32.0 Å². The summed E-state index contributed by atoms with van der Waals surface area (Å²) in [5.41, 5.74) is 7.59. The van der Waals surface area contributed by atoms with E-state index >= 15 is 0 Å². The normalized spacial score (nSPS) is 11.1. The second-order valence-electron chi connectivity index (χ2n) is 8.26. The number of nitrogens with zero attached hydrogens (tertiary/aromatic N) is 4. The van der Waals surface area contributed by atoms with Crippen molar-refractivity contribution < 1.29 is 9.21 Å². The number of rotatable bonds is 3. The number of pyridine rings is 1. The van der Waals surface area contributed by atoms with Crippen LogP contribution in [0.2, 0.25) is 0 Å². The van der Waals surface area contributed by atoms with E-state index in [4.69, 9.17) is 9.40 Å². The van der Waals surface area contributed by atoms with Gasteiger partial charge in [-0.05, 0) is 30.3 Å². The molecule has 7 heteroatoms.